The van der Waals surface area contributed by atoms with E-state index in [9.17, 15) is 13.6 Å². The average Bonchev–Trinajstić information content (AvgIpc) is 2.45. The van der Waals surface area contributed by atoms with Crippen molar-refractivity contribution < 1.29 is 13.6 Å². The zero-order chi connectivity index (χ0) is 14.5. The molecule has 1 aliphatic rings. The molecule has 0 bridgehead atoms. The lowest BCUT2D eigenvalue weighted by atomic mass is 10.2. The van der Waals surface area contributed by atoms with Gasteiger partial charge in [-0.2, -0.15) is 0 Å². The largest absolute Gasteiger partial charge is 0.339 e. The first-order chi connectivity index (χ1) is 9.58. The Bertz CT molecular complexity index is 481. The van der Waals surface area contributed by atoms with E-state index in [1.54, 1.807) is 16.8 Å². The maximum Gasteiger partial charge on any atom is 0.236 e. The van der Waals surface area contributed by atoms with E-state index in [1.807, 2.05) is 0 Å². The number of halogens is 3. The predicted molar refractivity (Wildman–Crippen MR) is 79.4 cm³/mol. The predicted octanol–water partition coefficient (Wildman–Crippen LogP) is 1.25. The number of likely N-dealkylation sites (N-methyl/N-ethyl adjacent to an activating group) is 1. The number of amides is 1. The van der Waals surface area contributed by atoms with Crippen LogP contribution in [0, 0.1) is 11.6 Å². The number of rotatable bonds is 4. The number of nitrogens with zero attached hydrogens (tertiary/aromatic N) is 2. The van der Waals surface area contributed by atoms with Gasteiger partial charge in [0.25, 0.3) is 0 Å². The van der Waals surface area contributed by atoms with Crippen LogP contribution in [0.5, 0.6) is 0 Å². The Morgan fingerprint density at radius 1 is 1.33 bits per heavy atom. The van der Waals surface area contributed by atoms with E-state index in [-0.39, 0.29) is 37.0 Å². The Kier molecular flexibility index (Phi) is 7.01. The summed E-state index contributed by atoms with van der Waals surface area (Å²) in [7, 11) is 1.73. The van der Waals surface area contributed by atoms with Gasteiger partial charge < -0.3 is 10.2 Å². The molecule has 0 aliphatic carbocycles. The average molecular weight is 320 g/mol. The van der Waals surface area contributed by atoms with Gasteiger partial charge in [-0.25, -0.2) is 8.78 Å². The molecule has 0 spiro atoms. The van der Waals surface area contributed by atoms with Crippen LogP contribution in [0.2, 0.25) is 0 Å². The van der Waals surface area contributed by atoms with Crippen LogP contribution in [0.3, 0.4) is 0 Å². The fourth-order valence-electron chi connectivity index (χ4n) is 2.26. The molecule has 1 aromatic rings. The molecule has 1 fully saturated rings. The molecule has 0 atom stereocenters. The second-order valence-electron chi connectivity index (χ2n) is 5.02. The van der Waals surface area contributed by atoms with Gasteiger partial charge in [0, 0.05) is 38.3 Å². The summed E-state index contributed by atoms with van der Waals surface area (Å²) in [5, 5.41) is 3.18. The van der Waals surface area contributed by atoms with Crippen molar-refractivity contribution >= 4 is 18.3 Å². The number of benzene rings is 1. The minimum Gasteiger partial charge on any atom is -0.339 e. The highest BCUT2D eigenvalue weighted by molar-refractivity contribution is 5.85. The molecule has 1 aliphatic heterocycles. The van der Waals surface area contributed by atoms with Crippen LogP contribution in [0.1, 0.15) is 5.56 Å². The lowest BCUT2D eigenvalue weighted by Crippen LogP contribution is -2.49. The summed E-state index contributed by atoms with van der Waals surface area (Å²) >= 11 is 0. The van der Waals surface area contributed by atoms with Crippen LogP contribution in [0.25, 0.3) is 0 Å². The molecule has 1 saturated heterocycles. The Morgan fingerprint density at radius 2 is 2.00 bits per heavy atom. The molecule has 0 aromatic heterocycles. The van der Waals surface area contributed by atoms with Crippen molar-refractivity contribution in [2.24, 2.45) is 0 Å². The van der Waals surface area contributed by atoms with E-state index in [4.69, 9.17) is 0 Å². The fraction of sp³-hybridized carbons (Fsp3) is 0.500. The van der Waals surface area contributed by atoms with E-state index in [0.29, 0.717) is 13.1 Å². The van der Waals surface area contributed by atoms with E-state index >= 15 is 0 Å². The molecule has 0 unspecified atom stereocenters. The van der Waals surface area contributed by atoms with Gasteiger partial charge in [-0.1, -0.05) is 12.1 Å². The SMILES string of the molecule is CN(CC(=O)N1CCNCC1)Cc1cccc(F)c1F.Cl. The number of carbonyl (C=O) groups is 1. The number of hydrogen-bond donors (Lipinski definition) is 1. The van der Waals surface area contributed by atoms with Crippen LogP contribution < -0.4 is 5.32 Å². The molecular formula is C14H20ClF2N3O. The van der Waals surface area contributed by atoms with Crippen LogP contribution in [0.15, 0.2) is 18.2 Å². The molecule has 2 rings (SSSR count). The number of carbonyl (C=O) groups excluding carboxylic acids is 1. The van der Waals surface area contributed by atoms with Crippen molar-refractivity contribution in [1.29, 1.82) is 0 Å². The van der Waals surface area contributed by atoms with Crippen molar-refractivity contribution in [3.8, 4) is 0 Å². The topological polar surface area (TPSA) is 35.6 Å². The highest BCUT2D eigenvalue weighted by Crippen LogP contribution is 2.13. The van der Waals surface area contributed by atoms with Crippen LogP contribution in [-0.2, 0) is 11.3 Å². The first kappa shape index (κ1) is 17.8. The van der Waals surface area contributed by atoms with Crippen molar-refractivity contribution in [1.82, 2.24) is 15.1 Å². The Hall–Kier alpha value is -1.24. The minimum absolute atomic E-state index is 0. The Labute approximate surface area is 129 Å². The molecule has 1 amide bonds. The Balaban J connectivity index is 0.00000220. The molecular weight excluding hydrogens is 300 g/mol. The molecule has 21 heavy (non-hydrogen) atoms. The monoisotopic (exact) mass is 319 g/mol. The van der Waals surface area contributed by atoms with Gasteiger partial charge in [0.2, 0.25) is 5.91 Å². The number of nitrogens with one attached hydrogen (secondary N) is 1. The van der Waals surface area contributed by atoms with E-state index in [1.165, 1.54) is 12.1 Å². The normalized spacial score (nSPS) is 15.0. The summed E-state index contributed by atoms with van der Waals surface area (Å²) in [5.41, 5.74) is 0.264. The van der Waals surface area contributed by atoms with Gasteiger partial charge in [-0.15, -0.1) is 12.4 Å². The Morgan fingerprint density at radius 3 is 2.67 bits per heavy atom. The zero-order valence-corrected chi connectivity index (χ0v) is 12.8. The second kappa shape index (κ2) is 8.26. The third-order valence-electron chi connectivity index (χ3n) is 3.35. The maximum absolute atomic E-state index is 13.5. The first-order valence-electron chi connectivity index (χ1n) is 6.68. The van der Waals surface area contributed by atoms with Gasteiger partial charge >= 0.3 is 0 Å². The summed E-state index contributed by atoms with van der Waals surface area (Å²) < 4.78 is 26.7. The summed E-state index contributed by atoms with van der Waals surface area (Å²) in [4.78, 5) is 15.5. The lowest BCUT2D eigenvalue weighted by Gasteiger charge is -2.29. The highest BCUT2D eigenvalue weighted by Gasteiger charge is 2.18. The van der Waals surface area contributed by atoms with Crippen LogP contribution >= 0.6 is 12.4 Å². The van der Waals surface area contributed by atoms with Gasteiger partial charge in [0.05, 0.1) is 6.54 Å². The summed E-state index contributed by atoms with van der Waals surface area (Å²) in [6, 6.07) is 4.09. The molecule has 1 heterocycles. The standard InChI is InChI=1S/C14H19F2N3O.ClH/c1-18(9-11-3-2-4-12(15)14(11)16)10-13(20)19-7-5-17-6-8-19;/h2-4,17H,5-10H2,1H3;1H. The smallest absolute Gasteiger partial charge is 0.236 e. The van der Waals surface area contributed by atoms with Gasteiger partial charge in [0.1, 0.15) is 0 Å². The van der Waals surface area contributed by atoms with Crippen LogP contribution in [0.4, 0.5) is 8.78 Å². The first-order valence-corrected chi connectivity index (χ1v) is 6.68. The van der Waals surface area contributed by atoms with Gasteiger partial charge in [-0.3, -0.25) is 9.69 Å². The number of hydrogen-bond acceptors (Lipinski definition) is 3. The molecule has 0 saturated carbocycles. The van der Waals surface area contributed by atoms with Crippen molar-refractivity contribution in [2.45, 2.75) is 6.54 Å². The molecule has 118 valence electrons. The molecule has 7 heteroatoms. The van der Waals surface area contributed by atoms with E-state index in [0.717, 1.165) is 19.2 Å². The van der Waals surface area contributed by atoms with Crippen molar-refractivity contribution in [2.75, 3.05) is 39.8 Å². The lowest BCUT2D eigenvalue weighted by molar-refractivity contribution is -0.132. The quantitative estimate of drug-likeness (QED) is 0.907. The fourth-order valence-corrected chi connectivity index (χ4v) is 2.26. The van der Waals surface area contributed by atoms with Crippen LogP contribution in [-0.4, -0.2) is 55.5 Å². The molecule has 4 nitrogen and oxygen atoms in total. The highest BCUT2D eigenvalue weighted by atomic mass is 35.5. The molecule has 1 N–H and O–H groups in total. The summed E-state index contributed by atoms with van der Waals surface area (Å²) in [6.07, 6.45) is 0. The molecule has 0 radical (unpaired) electrons. The summed E-state index contributed by atoms with van der Waals surface area (Å²) in [6.45, 7) is 3.40. The van der Waals surface area contributed by atoms with Gasteiger partial charge in [0.15, 0.2) is 11.6 Å². The molecule has 1 aromatic carbocycles. The number of piperazine rings is 1. The third kappa shape index (κ3) is 4.91. The second-order valence-corrected chi connectivity index (χ2v) is 5.02. The van der Waals surface area contributed by atoms with Crippen molar-refractivity contribution in [3.05, 3.63) is 35.4 Å². The van der Waals surface area contributed by atoms with Crippen molar-refractivity contribution in [3.63, 3.8) is 0 Å². The van der Waals surface area contributed by atoms with E-state index in [2.05, 4.69) is 5.32 Å². The minimum atomic E-state index is -0.857. The summed E-state index contributed by atoms with van der Waals surface area (Å²) in [5.74, 6) is -1.68. The van der Waals surface area contributed by atoms with E-state index < -0.39 is 11.6 Å². The third-order valence-corrected chi connectivity index (χ3v) is 3.35. The van der Waals surface area contributed by atoms with Gasteiger partial charge in [-0.05, 0) is 13.1 Å². The zero-order valence-electron chi connectivity index (χ0n) is 11.9. The maximum atomic E-state index is 13.5.